The number of fused-ring (bicyclic) bond motifs is 2. The van der Waals surface area contributed by atoms with Gasteiger partial charge in [0.15, 0.2) is 5.75 Å². The first-order valence-electron chi connectivity index (χ1n) is 12.2. The monoisotopic (exact) mass is 530 g/mol. The number of phenols is 1. The lowest BCUT2D eigenvalue weighted by atomic mass is 10.0. The topological polar surface area (TPSA) is 95.4 Å². The molecule has 0 radical (unpaired) electrons. The minimum atomic E-state index is -0.708. The SMILES string of the molecule is C=CC(=O)N1CCN2C(=O)c3c(N4C[C@@H](C)O[C@@H](C)C4)nc(-c4c(O)cccc4F)c(Cl)c3OC[C@H]2C1. The maximum absolute atomic E-state index is 14.9. The van der Waals surface area contributed by atoms with Crippen molar-refractivity contribution in [2.75, 3.05) is 44.2 Å². The number of nitrogens with zero attached hydrogens (tertiary/aromatic N) is 4. The number of pyridine rings is 1. The number of benzene rings is 1. The smallest absolute Gasteiger partial charge is 0.261 e. The van der Waals surface area contributed by atoms with E-state index in [1.165, 1.54) is 24.3 Å². The molecule has 0 aliphatic carbocycles. The van der Waals surface area contributed by atoms with Crippen LogP contribution in [0.25, 0.3) is 11.3 Å². The molecule has 2 saturated heterocycles. The summed E-state index contributed by atoms with van der Waals surface area (Å²) in [6, 6.07) is 3.51. The molecule has 4 heterocycles. The largest absolute Gasteiger partial charge is 0.507 e. The number of anilines is 1. The number of morpholine rings is 1. The molecule has 0 unspecified atom stereocenters. The summed E-state index contributed by atoms with van der Waals surface area (Å²) in [5.74, 6) is -1.22. The Morgan fingerprint density at radius 2 is 1.95 bits per heavy atom. The molecule has 37 heavy (non-hydrogen) atoms. The van der Waals surface area contributed by atoms with Crippen LogP contribution in [0, 0.1) is 5.82 Å². The highest BCUT2D eigenvalue weighted by Crippen LogP contribution is 2.46. The van der Waals surface area contributed by atoms with Crippen molar-refractivity contribution in [1.29, 1.82) is 0 Å². The zero-order valence-corrected chi connectivity index (χ0v) is 21.4. The third kappa shape index (κ3) is 4.48. The van der Waals surface area contributed by atoms with Gasteiger partial charge >= 0.3 is 0 Å². The van der Waals surface area contributed by atoms with Crippen molar-refractivity contribution in [1.82, 2.24) is 14.8 Å². The van der Waals surface area contributed by atoms with Crippen LogP contribution in [0.15, 0.2) is 30.9 Å². The summed E-state index contributed by atoms with van der Waals surface area (Å²) in [7, 11) is 0. The van der Waals surface area contributed by atoms with Crippen LogP contribution in [0.3, 0.4) is 0 Å². The van der Waals surface area contributed by atoms with Crippen LogP contribution in [-0.4, -0.2) is 89.3 Å². The number of rotatable bonds is 3. The zero-order chi connectivity index (χ0) is 26.4. The molecule has 0 saturated carbocycles. The lowest BCUT2D eigenvalue weighted by molar-refractivity contribution is -0.128. The first kappa shape index (κ1) is 25.3. The summed E-state index contributed by atoms with van der Waals surface area (Å²) >= 11 is 6.75. The predicted molar refractivity (Wildman–Crippen MR) is 136 cm³/mol. The van der Waals surface area contributed by atoms with Crippen LogP contribution in [0.1, 0.15) is 24.2 Å². The minimum Gasteiger partial charge on any atom is -0.507 e. The number of carbonyl (C=O) groups excluding carboxylic acids is 2. The van der Waals surface area contributed by atoms with Crippen molar-refractivity contribution in [2.24, 2.45) is 0 Å². The number of carbonyl (C=O) groups is 2. The number of amides is 2. The Kier molecular flexibility index (Phi) is 6.72. The third-order valence-corrected chi connectivity index (χ3v) is 7.24. The summed E-state index contributed by atoms with van der Waals surface area (Å²) in [6.07, 6.45) is 0.951. The molecule has 9 nitrogen and oxygen atoms in total. The molecule has 5 rings (SSSR count). The Balaban J connectivity index is 1.67. The lowest BCUT2D eigenvalue weighted by Gasteiger charge is -2.40. The van der Waals surface area contributed by atoms with Crippen LogP contribution >= 0.6 is 11.6 Å². The fourth-order valence-electron chi connectivity index (χ4n) is 5.27. The first-order valence-corrected chi connectivity index (χ1v) is 12.5. The van der Waals surface area contributed by atoms with Gasteiger partial charge in [-0.25, -0.2) is 9.37 Å². The number of phenolic OH excluding ortho intramolecular Hbond substituents is 1. The van der Waals surface area contributed by atoms with Gasteiger partial charge in [0.05, 0.1) is 23.8 Å². The van der Waals surface area contributed by atoms with E-state index in [-0.39, 0.29) is 76.3 Å². The third-order valence-electron chi connectivity index (χ3n) is 6.89. The molecule has 3 aliphatic heterocycles. The van der Waals surface area contributed by atoms with Gasteiger partial charge in [-0.05, 0) is 32.1 Å². The van der Waals surface area contributed by atoms with E-state index in [1.807, 2.05) is 18.7 Å². The lowest BCUT2D eigenvalue weighted by Crippen LogP contribution is -2.57. The van der Waals surface area contributed by atoms with Gasteiger partial charge in [0.1, 0.15) is 40.3 Å². The van der Waals surface area contributed by atoms with Gasteiger partial charge in [0.25, 0.3) is 5.91 Å². The molecule has 3 aliphatic rings. The Morgan fingerprint density at radius 1 is 1.22 bits per heavy atom. The molecule has 196 valence electrons. The number of piperazine rings is 1. The van der Waals surface area contributed by atoms with E-state index in [0.29, 0.717) is 26.2 Å². The van der Waals surface area contributed by atoms with E-state index in [9.17, 15) is 19.1 Å². The van der Waals surface area contributed by atoms with Crippen molar-refractivity contribution in [3.05, 3.63) is 47.3 Å². The molecule has 3 atom stereocenters. The van der Waals surface area contributed by atoms with Gasteiger partial charge < -0.3 is 29.3 Å². The normalized spacial score (nSPS) is 23.6. The second-order valence-electron chi connectivity index (χ2n) is 9.55. The quantitative estimate of drug-likeness (QED) is 0.609. The van der Waals surface area contributed by atoms with Gasteiger partial charge in [-0.3, -0.25) is 9.59 Å². The fourth-order valence-corrected chi connectivity index (χ4v) is 5.55. The summed E-state index contributed by atoms with van der Waals surface area (Å²) < 4.78 is 27.0. The molecule has 1 aromatic carbocycles. The van der Waals surface area contributed by atoms with E-state index in [4.69, 9.17) is 21.1 Å². The van der Waals surface area contributed by atoms with Crippen molar-refractivity contribution in [3.8, 4) is 22.8 Å². The average Bonchev–Trinajstić information content (AvgIpc) is 3.00. The molecule has 2 aromatic rings. The molecule has 2 amide bonds. The maximum atomic E-state index is 14.9. The number of ether oxygens (including phenoxy) is 2. The van der Waals surface area contributed by atoms with Gasteiger partial charge in [0, 0.05) is 32.7 Å². The highest BCUT2D eigenvalue weighted by molar-refractivity contribution is 6.35. The van der Waals surface area contributed by atoms with E-state index in [2.05, 4.69) is 11.6 Å². The van der Waals surface area contributed by atoms with Crippen LogP contribution in [0.2, 0.25) is 5.02 Å². The number of aromatic hydroxyl groups is 1. The molecule has 11 heteroatoms. The van der Waals surface area contributed by atoms with Crippen LogP contribution in [0.5, 0.6) is 11.5 Å². The Labute approximate surface area is 219 Å². The van der Waals surface area contributed by atoms with Crippen molar-refractivity contribution < 1.29 is 28.6 Å². The molecular formula is C26H28ClFN4O5. The fraction of sp³-hybridized carbons (Fsp3) is 0.423. The number of aromatic nitrogens is 1. The summed E-state index contributed by atoms with van der Waals surface area (Å²) in [5, 5.41) is 10.4. The molecule has 0 bridgehead atoms. The van der Waals surface area contributed by atoms with Crippen LogP contribution in [-0.2, 0) is 9.53 Å². The maximum Gasteiger partial charge on any atom is 0.261 e. The summed E-state index contributed by atoms with van der Waals surface area (Å²) in [5.41, 5.74) is -0.0162. The van der Waals surface area contributed by atoms with Crippen LogP contribution < -0.4 is 9.64 Å². The summed E-state index contributed by atoms with van der Waals surface area (Å²) in [4.78, 5) is 36.1. The highest BCUT2D eigenvalue weighted by atomic mass is 35.5. The molecule has 2 fully saturated rings. The zero-order valence-electron chi connectivity index (χ0n) is 20.6. The Hall–Kier alpha value is -3.37. The second kappa shape index (κ2) is 9.83. The Morgan fingerprint density at radius 3 is 2.62 bits per heavy atom. The first-order chi connectivity index (χ1) is 17.7. The van der Waals surface area contributed by atoms with Gasteiger partial charge in [0.2, 0.25) is 5.91 Å². The molecule has 1 N–H and O–H groups in total. The predicted octanol–water partition coefficient (Wildman–Crippen LogP) is 3.09. The summed E-state index contributed by atoms with van der Waals surface area (Å²) in [6.45, 7) is 9.27. The van der Waals surface area contributed by atoms with E-state index in [1.54, 1.807) is 9.80 Å². The number of hydrogen-bond donors (Lipinski definition) is 1. The number of hydrogen-bond acceptors (Lipinski definition) is 7. The standard InChI is InChI=1S/C26H28ClFN4O5/c1-4-19(34)30-8-9-32-16(12-30)13-36-24-21(26(32)35)25(31-10-14(2)37-15(3)11-31)29-23(22(24)27)20-17(28)6-5-7-18(20)33/h4-7,14-16,33H,1,8-13H2,2-3H3/t14-,15+,16-/m1/s1. The second-order valence-corrected chi connectivity index (χ2v) is 9.93. The van der Waals surface area contributed by atoms with Gasteiger partial charge in [-0.15, -0.1) is 0 Å². The Bertz CT molecular complexity index is 1240. The van der Waals surface area contributed by atoms with Crippen LogP contribution in [0.4, 0.5) is 10.2 Å². The van der Waals surface area contributed by atoms with Crippen molar-refractivity contribution in [3.63, 3.8) is 0 Å². The van der Waals surface area contributed by atoms with Gasteiger partial charge in [-0.1, -0.05) is 24.2 Å². The van der Waals surface area contributed by atoms with Crippen molar-refractivity contribution in [2.45, 2.75) is 32.1 Å². The number of halogens is 2. The minimum absolute atomic E-state index is 0.0195. The molecule has 1 aromatic heterocycles. The highest BCUT2D eigenvalue weighted by Gasteiger charge is 2.41. The van der Waals surface area contributed by atoms with E-state index < -0.39 is 11.9 Å². The van der Waals surface area contributed by atoms with Gasteiger partial charge in [-0.2, -0.15) is 0 Å². The van der Waals surface area contributed by atoms with Crippen molar-refractivity contribution >= 4 is 29.2 Å². The average molecular weight is 531 g/mol. The van der Waals surface area contributed by atoms with E-state index in [0.717, 1.165) is 0 Å². The van der Waals surface area contributed by atoms with E-state index >= 15 is 0 Å². The molecule has 0 spiro atoms. The molecular weight excluding hydrogens is 503 g/mol.